The first-order valence-corrected chi connectivity index (χ1v) is 7.35. The third kappa shape index (κ3) is 3.64. The summed E-state index contributed by atoms with van der Waals surface area (Å²) in [5.74, 6) is 0.715. The highest BCUT2D eigenvalue weighted by molar-refractivity contribution is 7.80. The molecule has 2 amide bonds. The SMILES string of the molecule is COc1cccc(NC(=O)N2CCC(C)(C(N)=S)CC2)c1. The maximum Gasteiger partial charge on any atom is 0.321 e. The fourth-order valence-electron chi connectivity index (χ4n) is 2.35. The molecule has 6 heteroatoms. The molecule has 0 saturated carbocycles. The number of nitrogens with two attached hydrogens (primary N) is 1. The molecule has 1 aromatic carbocycles. The van der Waals surface area contributed by atoms with Gasteiger partial charge in [0.2, 0.25) is 0 Å². The smallest absolute Gasteiger partial charge is 0.321 e. The summed E-state index contributed by atoms with van der Waals surface area (Å²) in [5, 5.41) is 2.89. The summed E-state index contributed by atoms with van der Waals surface area (Å²) >= 11 is 5.11. The van der Waals surface area contributed by atoms with E-state index < -0.39 is 0 Å². The summed E-state index contributed by atoms with van der Waals surface area (Å²) in [6.07, 6.45) is 1.60. The van der Waals surface area contributed by atoms with E-state index in [-0.39, 0.29) is 11.4 Å². The molecule has 1 aliphatic rings. The molecule has 1 aliphatic heterocycles. The molecule has 0 bridgehead atoms. The quantitative estimate of drug-likeness (QED) is 0.842. The van der Waals surface area contributed by atoms with Crippen molar-refractivity contribution < 1.29 is 9.53 Å². The zero-order valence-electron chi connectivity index (χ0n) is 12.4. The van der Waals surface area contributed by atoms with Gasteiger partial charge in [-0.15, -0.1) is 0 Å². The summed E-state index contributed by atoms with van der Waals surface area (Å²) in [7, 11) is 1.60. The Kier molecular flexibility index (Phi) is 4.67. The number of benzene rings is 1. The van der Waals surface area contributed by atoms with Crippen LogP contribution in [0.2, 0.25) is 0 Å². The van der Waals surface area contributed by atoms with Gasteiger partial charge in [0.05, 0.1) is 12.1 Å². The Morgan fingerprint density at radius 3 is 2.67 bits per heavy atom. The Hall–Kier alpha value is -1.82. The van der Waals surface area contributed by atoms with Gasteiger partial charge < -0.3 is 20.7 Å². The lowest BCUT2D eigenvalue weighted by Gasteiger charge is -2.38. The van der Waals surface area contributed by atoms with Crippen LogP contribution in [0.1, 0.15) is 19.8 Å². The van der Waals surface area contributed by atoms with Crippen LogP contribution in [-0.2, 0) is 0 Å². The molecule has 0 aliphatic carbocycles. The van der Waals surface area contributed by atoms with Crippen LogP contribution >= 0.6 is 12.2 Å². The topological polar surface area (TPSA) is 67.6 Å². The van der Waals surface area contributed by atoms with E-state index in [1.807, 2.05) is 18.2 Å². The fourth-order valence-corrected chi connectivity index (χ4v) is 2.56. The van der Waals surface area contributed by atoms with Crippen molar-refractivity contribution in [2.75, 3.05) is 25.5 Å². The maximum absolute atomic E-state index is 12.3. The summed E-state index contributed by atoms with van der Waals surface area (Å²) in [4.78, 5) is 14.6. The molecular formula is C15H21N3O2S. The molecular weight excluding hydrogens is 286 g/mol. The Labute approximate surface area is 130 Å². The maximum atomic E-state index is 12.3. The second-order valence-corrected chi connectivity index (χ2v) is 6.01. The Morgan fingerprint density at radius 1 is 1.43 bits per heavy atom. The van der Waals surface area contributed by atoms with Gasteiger partial charge in [-0.25, -0.2) is 4.79 Å². The molecule has 0 atom stereocenters. The molecule has 2 rings (SSSR count). The van der Waals surface area contributed by atoms with Gasteiger partial charge in [0.1, 0.15) is 5.75 Å². The van der Waals surface area contributed by atoms with E-state index in [1.54, 1.807) is 18.1 Å². The van der Waals surface area contributed by atoms with E-state index in [0.29, 0.717) is 23.8 Å². The van der Waals surface area contributed by atoms with Crippen LogP contribution in [0.3, 0.4) is 0 Å². The number of thiocarbonyl (C=S) groups is 1. The highest BCUT2D eigenvalue weighted by atomic mass is 32.1. The molecule has 5 nitrogen and oxygen atoms in total. The molecule has 1 fully saturated rings. The number of methoxy groups -OCH3 is 1. The van der Waals surface area contributed by atoms with Crippen molar-refractivity contribution in [2.45, 2.75) is 19.8 Å². The van der Waals surface area contributed by atoms with Gasteiger partial charge in [0.25, 0.3) is 0 Å². The molecule has 0 radical (unpaired) electrons. The Bertz CT molecular complexity index is 539. The van der Waals surface area contributed by atoms with Crippen LogP contribution < -0.4 is 15.8 Å². The number of rotatable bonds is 3. The number of amides is 2. The molecule has 1 aromatic rings. The van der Waals surface area contributed by atoms with Crippen molar-refractivity contribution in [3.8, 4) is 5.75 Å². The van der Waals surface area contributed by atoms with Crippen LogP contribution in [0.5, 0.6) is 5.75 Å². The van der Waals surface area contributed by atoms with Gasteiger partial charge in [-0.05, 0) is 25.0 Å². The Balaban J connectivity index is 1.94. The van der Waals surface area contributed by atoms with Gasteiger partial charge >= 0.3 is 6.03 Å². The average Bonchev–Trinajstić information content (AvgIpc) is 2.48. The molecule has 1 saturated heterocycles. The number of nitrogens with one attached hydrogen (secondary N) is 1. The number of carbonyl (C=O) groups excluding carboxylic acids is 1. The highest BCUT2D eigenvalue weighted by Crippen LogP contribution is 2.31. The van der Waals surface area contributed by atoms with Crippen LogP contribution in [-0.4, -0.2) is 36.1 Å². The molecule has 3 N–H and O–H groups in total. The predicted molar refractivity (Wildman–Crippen MR) is 87.7 cm³/mol. The van der Waals surface area contributed by atoms with Crippen LogP contribution in [0.15, 0.2) is 24.3 Å². The lowest BCUT2D eigenvalue weighted by molar-refractivity contribution is 0.171. The van der Waals surface area contributed by atoms with Crippen molar-refractivity contribution in [2.24, 2.45) is 11.1 Å². The third-order valence-electron chi connectivity index (χ3n) is 4.07. The van der Waals surface area contributed by atoms with Crippen molar-refractivity contribution in [3.05, 3.63) is 24.3 Å². The first-order chi connectivity index (χ1) is 9.94. The van der Waals surface area contributed by atoms with Crippen molar-refractivity contribution in [1.82, 2.24) is 4.90 Å². The van der Waals surface area contributed by atoms with E-state index >= 15 is 0 Å². The second kappa shape index (κ2) is 6.30. The molecule has 21 heavy (non-hydrogen) atoms. The third-order valence-corrected chi connectivity index (χ3v) is 4.56. The summed E-state index contributed by atoms with van der Waals surface area (Å²) < 4.78 is 5.14. The van der Waals surface area contributed by atoms with Gasteiger partial charge in [0.15, 0.2) is 0 Å². The molecule has 114 valence electrons. The molecule has 0 aromatic heterocycles. The van der Waals surface area contributed by atoms with Gasteiger partial charge in [-0.2, -0.15) is 0 Å². The van der Waals surface area contributed by atoms with Crippen LogP contribution in [0, 0.1) is 5.41 Å². The fraction of sp³-hybridized carbons (Fsp3) is 0.467. The number of piperidine rings is 1. The monoisotopic (exact) mass is 307 g/mol. The predicted octanol–water partition coefficient (Wildman–Crippen LogP) is 2.62. The number of ether oxygens (including phenoxy) is 1. The number of urea groups is 1. The summed E-state index contributed by atoms with van der Waals surface area (Å²) in [6, 6.07) is 7.21. The number of hydrogen-bond donors (Lipinski definition) is 2. The Morgan fingerprint density at radius 2 is 2.10 bits per heavy atom. The lowest BCUT2D eigenvalue weighted by atomic mass is 9.80. The highest BCUT2D eigenvalue weighted by Gasteiger charge is 2.34. The standard InChI is InChI=1S/C15H21N3O2S/c1-15(13(16)21)6-8-18(9-7-15)14(19)17-11-4-3-5-12(10-11)20-2/h3-5,10H,6-9H2,1-2H3,(H2,16,21)(H,17,19). The first kappa shape index (κ1) is 15.6. The number of anilines is 1. The van der Waals surface area contributed by atoms with Crippen LogP contribution in [0.25, 0.3) is 0 Å². The molecule has 0 unspecified atom stereocenters. The summed E-state index contributed by atoms with van der Waals surface area (Å²) in [5.41, 5.74) is 6.36. The zero-order chi connectivity index (χ0) is 15.5. The number of carbonyl (C=O) groups is 1. The van der Waals surface area contributed by atoms with Gasteiger partial charge in [-0.1, -0.05) is 25.2 Å². The van der Waals surface area contributed by atoms with E-state index in [4.69, 9.17) is 22.7 Å². The summed E-state index contributed by atoms with van der Waals surface area (Å²) in [6.45, 7) is 3.37. The number of hydrogen-bond acceptors (Lipinski definition) is 3. The van der Waals surface area contributed by atoms with E-state index in [2.05, 4.69) is 12.2 Å². The first-order valence-electron chi connectivity index (χ1n) is 6.94. The second-order valence-electron chi connectivity index (χ2n) is 5.57. The van der Waals surface area contributed by atoms with Crippen molar-refractivity contribution in [3.63, 3.8) is 0 Å². The minimum atomic E-state index is -0.137. The molecule has 0 spiro atoms. The van der Waals surface area contributed by atoms with E-state index in [0.717, 1.165) is 18.5 Å². The van der Waals surface area contributed by atoms with Gasteiger partial charge in [0, 0.05) is 30.3 Å². The minimum Gasteiger partial charge on any atom is -0.497 e. The normalized spacial score (nSPS) is 17.1. The average molecular weight is 307 g/mol. The van der Waals surface area contributed by atoms with Crippen LogP contribution in [0.4, 0.5) is 10.5 Å². The minimum absolute atomic E-state index is 0.103. The van der Waals surface area contributed by atoms with E-state index in [9.17, 15) is 4.79 Å². The molecule has 1 heterocycles. The van der Waals surface area contributed by atoms with Crippen molar-refractivity contribution >= 4 is 28.9 Å². The zero-order valence-corrected chi connectivity index (χ0v) is 13.2. The van der Waals surface area contributed by atoms with E-state index in [1.165, 1.54) is 0 Å². The number of nitrogens with zero attached hydrogens (tertiary/aromatic N) is 1. The largest absolute Gasteiger partial charge is 0.497 e. The van der Waals surface area contributed by atoms with Gasteiger partial charge in [-0.3, -0.25) is 0 Å². The van der Waals surface area contributed by atoms with Crippen molar-refractivity contribution in [1.29, 1.82) is 0 Å². The lowest BCUT2D eigenvalue weighted by Crippen LogP contribution is -2.47. The number of likely N-dealkylation sites (tertiary alicyclic amines) is 1.